The summed E-state index contributed by atoms with van der Waals surface area (Å²) in [6.07, 6.45) is 3.34. The van der Waals surface area contributed by atoms with Crippen LogP contribution < -0.4 is 10.3 Å². The summed E-state index contributed by atoms with van der Waals surface area (Å²) in [6.45, 7) is 7.54. The van der Waals surface area contributed by atoms with Crippen molar-refractivity contribution in [2.24, 2.45) is 0 Å². The van der Waals surface area contributed by atoms with E-state index in [9.17, 15) is 9.59 Å². The summed E-state index contributed by atoms with van der Waals surface area (Å²) >= 11 is 6.10. The Morgan fingerprint density at radius 3 is 2.55 bits per heavy atom. The van der Waals surface area contributed by atoms with Gasteiger partial charge in [-0.05, 0) is 49.7 Å². The third-order valence-electron chi connectivity index (χ3n) is 5.66. The van der Waals surface area contributed by atoms with Crippen molar-refractivity contribution in [3.05, 3.63) is 74.9 Å². The number of carbonyl (C=O) groups excluding carboxylic acids is 1. The van der Waals surface area contributed by atoms with E-state index in [4.69, 9.17) is 16.0 Å². The summed E-state index contributed by atoms with van der Waals surface area (Å²) in [5.74, 6) is -0.122. The van der Waals surface area contributed by atoms with E-state index in [2.05, 4.69) is 18.8 Å². The molecule has 29 heavy (non-hydrogen) atoms. The van der Waals surface area contributed by atoms with E-state index in [0.717, 1.165) is 25.2 Å². The van der Waals surface area contributed by atoms with Crippen LogP contribution in [0.2, 0.25) is 5.02 Å². The van der Waals surface area contributed by atoms with E-state index in [1.54, 1.807) is 35.5 Å². The maximum atomic E-state index is 13.4. The van der Waals surface area contributed by atoms with Crippen LogP contribution >= 0.6 is 11.6 Å². The first-order chi connectivity index (χ1) is 14.0. The largest absolute Gasteiger partial charge is 0.450 e. The zero-order valence-corrected chi connectivity index (χ0v) is 17.2. The molecule has 150 valence electrons. The number of rotatable bonds is 6. The van der Waals surface area contributed by atoms with Crippen LogP contribution in [0, 0.1) is 0 Å². The summed E-state index contributed by atoms with van der Waals surface area (Å²) in [6, 6.07) is 8.07. The van der Waals surface area contributed by atoms with Crippen LogP contribution in [0.1, 0.15) is 41.6 Å². The minimum Gasteiger partial charge on any atom is -0.450 e. The maximum Gasteiger partial charge on any atom is 0.291 e. The molecule has 0 unspecified atom stereocenters. The number of amides is 1. The Labute approximate surface area is 173 Å². The first-order valence-corrected chi connectivity index (χ1v) is 10.2. The molecule has 0 spiro atoms. The first-order valence-electron chi connectivity index (χ1n) is 9.85. The summed E-state index contributed by atoms with van der Waals surface area (Å²) in [5.41, 5.74) is 1.38. The molecule has 3 heterocycles. The van der Waals surface area contributed by atoms with Gasteiger partial charge in [-0.3, -0.25) is 14.6 Å². The summed E-state index contributed by atoms with van der Waals surface area (Å²) in [5, 5.41) is 0.843. The second-order valence-electron chi connectivity index (χ2n) is 7.20. The molecule has 1 aliphatic rings. The van der Waals surface area contributed by atoms with Crippen molar-refractivity contribution in [3.63, 3.8) is 0 Å². The van der Waals surface area contributed by atoms with Gasteiger partial charge in [0.2, 0.25) is 5.76 Å². The predicted molar refractivity (Wildman–Crippen MR) is 112 cm³/mol. The number of hydrogen-bond acceptors (Lipinski definition) is 4. The normalized spacial score (nSPS) is 16.1. The Morgan fingerprint density at radius 1 is 1.14 bits per heavy atom. The van der Waals surface area contributed by atoms with Gasteiger partial charge in [0.25, 0.3) is 5.91 Å². The molecule has 0 aliphatic carbocycles. The average Bonchev–Trinajstić information content (AvgIpc) is 3.02. The molecule has 6 nitrogen and oxygen atoms in total. The number of nitrogens with one attached hydrogen (secondary N) is 1. The number of halogens is 1. The van der Waals surface area contributed by atoms with E-state index in [1.165, 1.54) is 4.90 Å². The van der Waals surface area contributed by atoms with Gasteiger partial charge in [-0.15, -0.1) is 0 Å². The van der Waals surface area contributed by atoms with E-state index < -0.39 is 6.04 Å². The molecular formula is C22H23ClN3O3+. The van der Waals surface area contributed by atoms with Gasteiger partial charge in [0.15, 0.2) is 5.43 Å². The van der Waals surface area contributed by atoms with Crippen molar-refractivity contribution in [3.8, 4) is 0 Å². The number of hydrogen-bond donors (Lipinski definition) is 1. The lowest BCUT2D eigenvalue weighted by atomic mass is 9.99. The van der Waals surface area contributed by atoms with Crippen LogP contribution in [0.4, 0.5) is 0 Å². The fourth-order valence-electron chi connectivity index (χ4n) is 4.00. The quantitative estimate of drug-likeness (QED) is 0.674. The molecule has 0 bridgehead atoms. The Hall–Kier alpha value is -2.70. The second-order valence-corrected chi connectivity index (χ2v) is 7.64. The molecule has 1 N–H and O–H groups in total. The number of fused-ring (bicyclic) bond motifs is 2. The number of carbonyl (C=O) groups is 1. The van der Waals surface area contributed by atoms with Crippen LogP contribution in [0.3, 0.4) is 0 Å². The maximum absolute atomic E-state index is 13.4. The highest BCUT2D eigenvalue weighted by Crippen LogP contribution is 2.37. The number of aromatic nitrogens is 1. The monoisotopic (exact) mass is 412 g/mol. The highest BCUT2D eigenvalue weighted by molar-refractivity contribution is 6.31. The van der Waals surface area contributed by atoms with Crippen LogP contribution in [0.15, 0.2) is 51.9 Å². The van der Waals surface area contributed by atoms with Gasteiger partial charge in [0, 0.05) is 17.4 Å². The third-order valence-corrected chi connectivity index (χ3v) is 5.89. The van der Waals surface area contributed by atoms with Gasteiger partial charge in [-0.1, -0.05) is 11.6 Å². The van der Waals surface area contributed by atoms with Crippen LogP contribution in [-0.4, -0.2) is 42.0 Å². The molecular weight excluding hydrogens is 390 g/mol. The molecule has 0 fully saturated rings. The van der Waals surface area contributed by atoms with Crippen LogP contribution in [0.25, 0.3) is 11.0 Å². The van der Waals surface area contributed by atoms with Gasteiger partial charge in [0.05, 0.1) is 43.2 Å². The van der Waals surface area contributed by atoms with Crippen molar-refractivity contribution < 1.29 is 14.1 Å². The highest BCUT2D eigenvalue weighted by atomic mass is 35.5. The Balaban J connectivity index is 1.87. The Bertz CT molecular complexity index is 1110. The van der Waals surface area contributed by atoms with E-state index in [1.807, 2.05) is 12.1 Å². The molecule has 1 atom stereocenters. The second kappa shape index (κ2) is 7.97. The summed E-state index contributed by atoms with van der Waals surface area (Å²) < 4.78 is 5.92. The lowest BCUT2D eigenvalue weighted by Gasteiger charge is -2.26. The summed E-state index contributed by atoms with van der Waals surface area (Å²) in [4.78, 5) is 33.9. The SMILES string of the molecule is CC[NH+](CC)CCN1C(=O)c2oc3ccc(Cl)cc3c(=O)c2[C@H]1c1ccncc1. The number of benzene rings is 1. The lowest BCUT2D eigenvalue weighted by Crippen LogP contribution is -3.12. The van der Waals surface area contributed by atoms with Crippen molar-refractivity contribution in [1.82, 2.24) is 9.88 Å². The molecule has 3 aromatic rings. The molecule has 1 aliphatic heterocycles. The smallest absolute Gasteiger partial charge is 0.291 e. The fourth-order valence-corrected chi connectivity index (χ4v) is 4.17. The molecule has 1 aromatic carbocycles. The van der Waals surface area contributed by atoms with Crippen LogP contribution in [-0.2, 0) is 0 Å². The molecule has 2 aromatic heterocycles. The van der Waals surface area contributed by atoms with Gasteiger partial charge in [0.1, 0.15) is 5.58 Å². The lowest BCUT2D eigenvalue weighted by molar-refractivity contribution is -0.895. The topological polar surface area (TPSA) is 67.8 Å². The Morgan fingerprint density at radius 2 is 1.86 bits per heavy atom. The van der Waals surface area contributed by atoms with Gasteiger partial charge in [-0.25, -0.2) is 0 Å². The highest BCUT2D eigenvalue weighted by Gasteiger charge is 2.42. The zero-order chi connectivity index (χ0) is 20.5. The van der Waals surface area contributed by atoms with Gasteiger partial charge < -0.3 is 14.2 Å². The average molecular weight is 413 g/mol. The zero-order valence-electron chi connectivity index (χ0n) is 16.4. The van der Waals surface area contributed by atoms with Crippen molar-refractivity contribution in [1.29, 1.82) is 0 Å². The minimum absolute atomic E-state index is 0.126. The van der Waals surface area contributed by atoms with Crippen molar-refractivity contribution >= 4 is 28.5 Å². The molecule has 1 amide bonds. The molecule has 0 saturated carbocycles. The van der Waals surface area contributed by atoms with Gasteiger partial charge >= 0.3 is 0 Å². The van der Waals surface area contributed by atoms with E-state index in [0.29, 0.717) is 28.1 Å². The number of pyridine rings is 1. The summed E-state index contributed by atoms with van der Waals surface area (Å²) in [7, 11) is 0. The fraction of sp³-hybridized carbons (Fsp3) is 0.318. The molecule has 7 heteroatoms. The minimum atomic E-state index is -0.491. The van der Waals surface area contributed by atoms with Crippen LogP contribution in [0.5, 0.6) is 0 Å². The van der Waals surface area contributed by atoms with E-state index in [-0.39, 0.29) is 17.1 Å². The Kier molecular flexibility index (Phi) is 5.39. The number of likely N-dealkylation sites (N-methyl/N-ethyl adjacent to an activating group) is 1. The van der Waals surface area contributed by atoms with Crippen molar-refractivity contribution in [2.45, 2.75) is 19.9 Å². The molecule has 0 saturated heterocycles. The van der Waals surface area contributed by atoms with Gasteiger partial charge in [-0.2, -0.15) is 0 Å². The standard InChI is InChI=1S/C22H22ClN3O3/c1-3-25(4-2)11-12-26-19(14-7-9-24-10-8-14)18-20(27)16-13-15(23)5-6-17(16)29-21(18)22(26)28/h5-10,13,19H,3-4,11-12H2,1-2H3/p+1/t19-/m1/s1. The third kappa shape index (κ3) is 3.43. The van der Waals surface area contributed by atoms with E-state index >= 15 is 0 Å². The number of quaternary nitrogens is 1. The number of nitrogens with zero attached hydrogens (tertiary/aromatic N) is 2. The first kappa shape index (κ1) is 19.6. The molecule has 0 radical (unpaired) electrons. The van der Waals surface area contributed by atoms with Crippen molar-refractivity contribution in [2.75, 3.05) is 26.2 Å². The molecule has 4 rings (SSSR count). The predicted octanol–water partition coefficient (Wildman–Crippen LogP) is 2.31.